The molecule has 0 fully saturated rings. The molecule has 0 aliphatic heterocycles. The summed E-state index contributed by atoms with van der Waals surface area (Å²) in [7, 11) is 1.56. The summed E-state index contributed by atoms with van der Waals surface area (Å²) < 4.78 is 21.3. The Bertz CT molecular complexity index is 1190. The molecule has 0 amide bonds. The Balaban J connectivity index is 1.80. The molecule has 7 nitrogen and oxygen atoms in total. The van der Waals surface area contributed by atoms with Crippen molar-refractivity contribution in [1.82, 2.24) is 0 Å². The molecule has 0 unspecified atom stereocenters. The maximum atomic E-state index is 12.6. The lowest BCUT2D eigenvalue weighted by molar-refractivity contribution is -0.143. The first kappa shape index (κ1) is 23.1. The second-order valence-electron chi connectivity index (χ2n) is 7.30. The van der Waals surface area contributed by atoms with Gasteiger partial charge in [-0.1, -0.05) is 0 Å². The van der Waals surface area contributed by atoms with E-state index in [1.807, 2.05) is 6.92 Å². The van der Waals surface area contributed by atoms with Gasteiger partial charge >= 0.3 is 11.6 Å². The second kappa shape index (κ2) is 10.1. The van der Waals surface area contributed by atoms with Crippen molar-refractivity contribution in [3.63, 3.8) is 0 Å². The van der Waals surface area contributed by atoms with Gasteiger partial charge < -0.3 is 18.6 Å². The van der Waals surface area contributed by atoms with Gasteiger partial charge in [0, 0.05) is 28.5 Å². The molecule has 0 saturated heterocycles. The van der Waals surface area contributed by atoms with Crippen molar-refractivity contribution in [1.29, 1.82) is 0 Å². The molecule has 0 aliphatic rings. The van der Waals surface area contributed by atoms with E-state index in [9.17, 15) is 14.4 Å². The van der Waals surface area contributed by atoms with E-state index in [2.05, 4.69) is 0 Å². The summed E-state index contributed by atoms with van der Waals surface area (Å²) in [6.07, 6.45) is 0.356. The van der Waals surface area contributed by atoms with Crippen molar-refractivity contribution in [3.05, 3.63) is 69.1 Å². The van der Waals surface area contributed by atoms with E-state index in [-0.39, 0.29) is 31.2 Å². The third-order valence-corrected chi connectivity index (χ3v) is 5.31. The number of fused-ring (bicyclic) bond motifs is 1. The van der Waals surface area contributed by atoms with Crippen molar-refractivity contribution in [2.45, 2.75) is 33.6 Å². The smallest absolute Gasteiger partial charge is 0.339 e. The number of aryl methyl sites for hydroxylation is 2. The van der Waals surface area contributed by atoms with E-state index >= 15 is 0 Å². The largest absolute Gasteiger partial charge is 0.497 e. The fourth-order valence-corrected chi connectivity index (χ4v) is 3.48. The Hall–Kier alpha value is -3.61. The Morgan fingerprint density at radius 2 is 1.72 bits per heavy atom. The Labute approximate surface area is 185 Å². The van der Waals surface area contributed by atoms with Crippen LogP contribution in [-0.2, 0) is 16.0 Å². The van der Waals surface area contributed by atoms with Crippen LogP contribution in [-0.4, -0.2) is 32.1 Å². The lowest BCUT2D eigenvalue weighted by atomic mass is 10.0. The first-order valence-corrected chi connectivity index (χ1v) is 10.4. The number of benzene rings is 2. The summed E-state index contributed by atoms with van der Waals surface area (Å²) in [5.74, 6) is 0.591. The van der Waals surface area contributed by atoms with Crippen LogP contribution in [0.2, 0.25) is 0 Å². The summed E-state index contributed by atoms with van der Waals surface area (Å²) in [6.45, 7) is 5.48. The van der Waals surface area contributed by atoms with E-state index in [0.717, 1.165) is 10.9 Å². The van der Waals surface area contributed by atoms with E-state index < -0.39 is 5.63 Å². The Kier molecular flexibility index (Phi) is 7.30. The average molecular weight is 438 g/mol. The number of carbonyl (C=O) groups excluding carboxylic acids is 2. The van der Waals surface area contributed by atoms with E-state index in [0.29, 0.717) is 40.4 Å². The number of carbonyl (C=O) groups is 2. The molecule has 0 aliphatic carbocycles. The molecule has 7 heteroatoms. The highest BCUT2D eigenvalue weighted by Crippen LogP contribution is 2.30. The van der Waals surface area contributed by atoms with Gasteiger partial charge in [-0.25, -0.2) is 4.79 Å². The van der Waals surface area contributed by atoms with Crippen LogP contribution in [0.4, 0.5) is 0 Å². The van der Waals surface area contributed by atoms with Crippen molar-refractivity contribution in [2.75, 3.05) is 20.3 Å². The van der Waals surface area contributed by atoms with E-state index in [4.69, 9.17) is 18.6 Å². The van der Waals surface area contributed by atoms with Crippen molar-refractivity contribution in [3.8, 4) is 11.5 Å². The van der Waals surface area contributed by atoms with Crippen molar-refractivity contribution >= 4 is 22.7 Å². The molecule has 32 heavy (non-hydrogen) atoms. The number of rotatable bonds is 9. The number of hydrogen-bond acceptors (Lipinski definition) is 7. The number of methoxy groups -OCH3 is 1. The van der Waals surface area contributed by atoms with Gasteiger partial charge in [0.1, 0.15) is 17.1 Å². The third kappa shape index (κ3) is 4.99. The minimum absolute atomic E-state index is 0.110. The summed E-state index contributed by atoms with van der Waals surface area (Å²) >= 11 is 0. The zero-order valence-corrected chi connectivity index (χ0v) is 18.7. The molecular formula is C25H26O7. The van der Waals surface area contributed by atoms with Gasteiger partial charge in [-0.05, 0) is 69.2 Å². The zero-order valence-electron chi connectivity index (χ0n) is 18.7. The highest BCUT2D eigenvalue weighted by atomic mass is 16.5. The molecule has 3 aromatic rings. The molecule has 168 valence electrons. The lowest BCUT2D eigenvalue weighted by Crippen LogP contribution is -2.15. The fraction of sp³-hybridized carbons (Fsp3) is 0.320. The number of hydrogen-bond donors (Lipinski definition) is 0. The van der Waals surface area contributed by atoms with Gasteiger partial charge in [0.2, 0.25) is 0 Å². The average Bonchev–Trinajstić information content (AvgIpc) is 2.79. The van der Waals surface area contributed by atoms with Gasteiger partial charge in [0.15, 0.2) is 12.4 Å². The minimum Gasteiger partial charge on any atom is -0.497 e. The molecule has 0 radical (unpaired) electrons. The molecule has 0 spiro atoms. The topological polar surface area (TPSA) is 92.0 Å². The zero-order chi connectivity index (χ0) is 23.3. The van der Waals surface area contributed by atoms with E-state index in [1.54, 1.807) is 57.4 Å². The van der Waals surface area contributed by atoms with Crippen molar-refractivity contribution < 1.29 is 28.2 Å². The van der Waals surface area contributed by atoms with Gasteiger partial charge in [-0.2, -0.15) is 0 Å². The Morgan fingerprint density at radius 1 is 1.00 bits per heavy atom. The highest BCUT2D eigenvalue weighted by molar-refractivity contribution is 5.97. The molecule has 2 aromatic carbocycles. The quantitative estimate of drug-likeness (QED) is 0.281. The summed E-state index contributed by atoms with van der Waals surface area (Å²) in [5.41, 5.74) is 2.26. The van der Waals surface area contributed by atoms with Crippen LogP contribution < -0.4 is 15.1 Å². The van der Waals surface area contributed by atoms with Crippen LogP contribution in [0.25, 0.3) is 11.0 Å². The van der Waals surface area contributed by atoms with Crippen LogP contribution >= 0.6 is 0 Å². The fourth-order valence-electron chi connectivity index (χ4n) is 3.48. The summed E-state index contributed by atoms with van der Waals surface area (Å²) in [4.78, 5) is 36.7. The standard InChI is InChI=1S/C25H26O7/c1-5-30-23(27)13-11-20-15(2)19-10-12-22(16(3)24(19)32-25(20)28)31-14-21(26)17-6-8-18(29-4)9-7-17/h6-10,12H,5,11,13-14H2,1-4H3. The molecule has 3 rings (SSSR count). The monoisotopic (exact) mass is 438 g/mol. The van der Waals surface area contributed by atoms with Crippen LogP contribution in [0.3, 0.4) is 0 Å². The number of ketones is 1. The molecular weight excluding hydrogens is 412 g/mol. The molecule has 0 atom stereocenters. The second-order valence-corrected chi connectivity index (χ2v) is 7.30. The number of ether oxygens (including phenoxy) is 3. The SMILES string of the molecule is CCOC(=O)CCc1c(C)c2ccc(OCC(=O)c3ccc(OC)cc3)c(C)c2oc1=O. The van der Waals surface area contributed by atoms with Gasteiger partial charge in [0.25, 0.3) is 0 Å². The highest BCUT2D eigenvalue weighted by Gasteiger charge is 2.17. The van der Waals surface area contributed by atoms with Gasteiger partial charge in [-0.15, -0.1) is 0 Å². The van der Waals surface area contributed by atoms with Crippen LogP contribution in [0.5, 0.6) is 11.5 Å². The Morgan fingerprint density at radius 3 is 2.38 bits per heavy atom. The first-order chi connectivity index (χ1) is 15.3. The predicted molar refractivity (Wildman–Crippen MR) is 120 cm³/mol. The minimum atomic E-state index is -0.492. The molecule has 1 aromatic heterocycles. The first-order valence-electron chi connectivity index (χ1n) is 10.4. The van der Waals surface area contributed by atoms with Crippen LogP contribution in [0.1, 0.15) is 40.4 Å². The lowest BCUT2D eigenvalue weighted by Gasteiger charge is -2.13. The molecule has 0 bridgehead atoms. The molecule has 0 N–H and O–H groups in total. The summed E-state index contributed by atoms with van der Waals surface area (Å²) in [6, 6.07) is 10.3. The van der Waals surface area contributed by atoms with Crippen molar-refractivity contribution in [2.24, 2.45) is 0 Å². The van der Waals surface area contributed by atoms with Gasteiger partial charge in [-0.3, -0.25) is 9.59 Å². The summed E-state index contributed by atoms with van der Waals surface area (Å²) in [5, 5.41) is 0.759. The maximum Gasteiger partial charge on any atom is 0.339 e. The molecule has 1 heterocycles. The number of esters is 1. The third-order valence-electron chi connectivity index (χ3n) is 5.31. The predicted octanol–water partition coefficient (Wildman–Crippen LogP) is 4.18. The van der Waals surface area contributed by atoms with Crippen LogP contribution in [0, 0.1) is 13.8 Å². The maximum absolute atomic E-state index is 12.6. The van der Waals surface area contributed by atoms with Gasteiger partial charge in [0.05, 0.1) is 13.7 Å². The number of Topliss-reactive ketones (excluding diaryl/α,β-unsaturated/α-hetero) is 1. The van der Waals surface area contributed by atoms with E-state index in [1.165, 1.54) is 0 Å². The van der Waals surface area contributed by atoms with Crippen LogP contribution in [0.15, 0.2) is 45.6 Å². The molecule has 0 saturated carbocycles. The normalized spacial score (nSPS) is 10.8.